The number of aryl methyl sites for hydroxylation is 1. The Morgan fingerprint density at radius 2 is 2.06 bits per heavy atom. The minimum atomic E-state index is -0.462. The number of benzene rings is 1. The first-order valence-corrected chi connectivity index (χ1v) is 5.55. The van der Waals surface area contributed by atoms with Crippen LogP contribution in [0, 0.1) is 5.82 Å². The van der Waals surface area contributed by atoms with E-state index < -0.39 is 5.82 Å². The number of rotatable bonds is 5. The standard InChI is InChI=1S/C12H13FN2O3/c1-2-11-14-15-12(18-11)7-17-10-4-8(6-16)3-9(13)5-10/h3-5,16H,2,6-7H2,1H3. The molecule has 0 amide bonds. The monoisotopic (exact) mass is 252 g/mol. The summed E-state index contributed by atoms with van der Waals surface area (Å²) in [5.41, 5.74) is 0.449. The number of hydrogen-bond donors (Lipinski definition) is 1. The third-order valence-electron chi connectivity index (χ3n) is 2.29. The number of aliphatic hydroxyl groups is 1. The summed E-state index contributed by atoms with van der Waals surface area (Å²) in [6, 6.07) is 4.03. The Balaban J connectivity index is 2.03. The molecule has 0 aliphatic heterocycles. The van der Waals surface area contributed by atoms with Crippen LogP contribution >= 0.6 is 0 Å². The largest absolute Gasteiger partial charge is 0.484 e. The molecule has 2 rings (SSSR count). The summed E-state index contributed by atoms with van der Waals surface area (Å²) in [5, 5.41) is 16.5. The molecule has 0 bridgehead atoms. The van der Waals surface area contributed by atoms with Gasteiger partial charge in [0.2, 0.25) is 5.89 Å². The Morgan fingerprint density at radius 1 is 1.28 bits per heavy atom. The molecule has 1 N–H and O–H groups in total. The Kier molecular flexibility index (Phi) is 3.88. The molecule has 6 heteroatoms. The molecule has 0 atom stereocenters. The molecule has 0 fully saturated rings. The third-order valence-corrected chi connectivity index (χ3v) is 2.29. The van der Waals surface area contributed by atoms with Gasteiger partial charge in [-0.25, -0.2) is 4.39 Å². The average molecular weight is 252 g/mol. The summed E-state index contributed by atoms with van der Waals surface area (Å²) in [5.74, 6) is 0.720. The Labute approximate surface area is 103 Å². The van der Waals surface area contributed by atoms with Crippen molar-refractivity contribution >= 4 is 0 Å². The van der Waals surface area contributed by atoms with Crippen molar-refractivity contribution in [1.29, 1.82) is 0 Å². The highest BCUT2D eigenvalue weighted by Gasteiger charge is 2.06. The van der Waals surface area contributed by atoms with Crippen LogP contribution in [0.4, 0.5) is 4.39 Å². The van der Waals surface area contributed by atoms with Crippen molar-refractivity contribution in [3.8, 4) is 5.75 Å². The lowest BCUT2D eigenvalue weighted by Crippen LogP contribution is -1.97. The quantitative estimate of drug-likeness (QED) is 0.879. The van der Waals surface area contributed by atoms with Crippen LogP contribution in [-0.2, 0) is 19.6 Å². The van der Waals surface area contributed by atoms with Crippen LogP contribution < -0.4 is 4.74 Å². The van der Waals surface area contributed by atoms with Gasteiger partial charge in [0.1, 0.15) is 11.6 Å². The molecule has 0 saturated carbocycles. The van der Waals surface area contributed by atoms with Crippen LogP contribution in [0.15, 0.2) is 22.6 Å². The molecule has 2 aromatic rings. The van der Waals surface area contributed by atoms with E-state index in [1.165, 1.54) is 12.1 Å². The molecule has 0 spiro atoms. The molecule has 0 aliphatic carbocycles. The summed E-state index contributed by atoms with van der Waals surface area (Å²) in [4.78, 5) is 0. The van der Waals surface area contributed by atoms with Gasteiger partial charge in [0, 0.05) is 12.5 Å². The van der Waals surface area contributed by atoms with Crippen molar-refractivity contribution < 1.29 is 18.7 Å². The lowest BCUT2D eigenvalue weighted by Gasteiger charge is -2.05. The van der Waals surface area contributed by atoms with E-state index >= 15 is 0 Å². The molecule has 1 heterocycles. The van der Waals surface area contributed by atoms with Gasteiger partial charge in [0.05, 0.1) is 6.61 Å². The van der Waals surface area contributed by atoms with Crippen molar-refractivity contribution in [3.63, 3.8) is 0 Å². The number of hydrogen-bond acceptors (Lipinski definition) is 5. The lowest BCUT2D eigenvalue weighted by molar-refractivity contribution is 0.254. The Bertz CT molecular complexity index is 528. The first kappa shape index (κ1) is 12.5. The maximum Gasteiger partial charge on any atom is 0.253 e. The van der Waals surface area contributed by atoms with Gasteiger partial charge in [-0.1, -0.05) is 6.92 Å². The van der Waals surface area contributed by atoms with E-state index in [2.05, 4.69) is 10.2 Å². The fourth-order valence-electron chi connectivity index (χ4n) is 1.43. The van der Waals surface area contributed by atoms with Crippen LogP contribution in [-0.4, -0.2) is 15.3 Å². The van der Waals surface area contributed by atoms with E-state index in [9.17, 15) is 4.39 Å². The van der Waals surface area contributed by atoms with Gasteiger partial charge in [-0.15, -0.1) is 10.2 Å². The van der Waals surface area contributed by atoms with Crippen LogP contribution in [0.25, 0.3) is 0 Å². The van der Waals surface area contributed by atoms with Crippen LogP contribution in [0.3, 0.4) is 0 Å². The normalized spacial score (nSPS) is 10.6. The molecule has 5 nitrogen and oxygen atoms in total. The Hall–Kier alpha value is -1.95. The second kappa shape index (κ2) is 5.59. The molecule has 0 unspecified atom stereocenters. The van der Waals surface area contributed by atoms with Crippen molar-refractivity contribution in [2.24, 2.45) is 0 Å². The number of nitrogens with zero attached hydrogens (tertiary/aromatic N) is 2. The second-order valence-corrected chi connectivity index (χ2v) is 3.69. The van der Waals surface area contributed by atoms with Crippen molar-refractivity contribution in [2.45, 2.75) is 26.6 Å². The van der Waals surface area contributed by atoms with E-state index in [-0.39, 0.29) is 13.2 Å². The van der Waals surface area contributed by atoms with Gasteiger partial charge in [0.15, 0.2) is 6.61 Å². The SMILES string of the molecule is CCc1nnc(COc2cc(F)cc(CO)c2)o1. The summed E-state index contributed by atoms with van der Waals surface area (Å²) in [7, 11) is 0. The molecule has 1 aromatic heterocycles. The van der Waals surface area contributed by atoms with Crippen LogP contribution in [0.5, 0.6) is 5.75 Å². The van der Waals surface area contributed by atoms with Crippen molar-refractivity contribution in [2.75, 3.05) is 0 Å². The molecular formula is C12H13FN2O3. The maximum absolute atomic E-state index is 13.2. The third kappa shape index (κ3) is 3.04. The van der Waals surface area contributed by atoms with E-state index in [0.29, 0.717) is 29.5 Å². The van der Waals surface area contributed by atoms with Gasteiger partial charge in [-0.3, -0.25) is 0 Å². The van der Waals surface area contributed by atoms with Crippen LogP contribution in [0.2, 0.25) is 0 Å². The molecule has 96 valence electrons. The molecule has 18 heavy (non-hydrogen) atoms. The van der Waals surface area contributed by atoms with E-state index in [1.807, 2.05) is 6.92 Å². The number of ether oxygens (including phenoxy) is 1. The van der Waals surface area contributed by atoms with Gasteiger partial charge in [0.25, 0.3) is 5.89 Å². The van der Waals surface area contributed by atoms with E-state index in [4.69, 9.17) is 14.3 Å². The lowest BCUT2D eigenvalue weighted by atomic mass is 10.2. The first-order valence-electron chi connectivity index (χ1n) is 5.55. The highest BCUT2D eigenvalue weighted by molar-refractivity contribution is 5.29. The van der Waals surface area contributed by atoms with Gasteiger partial charge in [-0.2, -0.15) is 0 Å². The predicted octanol–water partition coefficient (Wildman–Crippen LogP) is 1.84. The minimum Gasteiger partial charge on any atom is -0.484 e. The summed E-state index contributed by atoms with van der Waals surface area (Å²) in [6.45, 7) is 1.73. The molecule has 0 saturated heterocycles. The maximum atomic E-state index is 13.2. The second-order valence-electron chi connectivity index (χ2n) is 3.69. The average Bonchev–Trinajstić information content (AvgIpc) is 2.83. The van der Waals surface area contributed by atoms with Gasteiger partial charge >= 0.3 is 0 Å². The van der Waals surface area contributed by atoms with Gasteiger partial charge in [-0.05, 0) is 17.7 Å². The first-order chi connectivity index (χ1) is 8.71. The summed E-state index contributed by atoms with van der Waals surface area (Å²) < 4.78 is 23.7. The molecule has 1 aromatic carbocycles. The summed E-state index contributed by atoms with van der Waals surface area (Å²) >= 11 is 0. The number of aromatic nitrogens is 2. The minimum absolute atomic E-state index is 0.0708. The van der Waals surface area contributed by atoms with Crippen molar-refractivity contribution in [1.82, 2.24) is 10.2 Å². The topological polar surface area (TPSA) is 68.4 Å². The number of aliphatic hydroxyl groups excluding tert-OH is 1. The zero-order chi connectivity index (χ0) is 13.0. The highest BCUT2D eigenvalue weighted by atomic mass is 19.1. The molecular weight excluding hydrogens is 239 g/mol. The molecule has 0 radical (unpaired) electrons. The highest BCUT2D eigenvalue weighted by Crippen LogP contribution is 2.17. The van der Waals surface area contributed by atoms with Crippen molar-refractivity contribution in [3.05, 3.63) is 41.4 Å². The van der Waals surface area contributed by atoms with E-state index in [0.717, 1.165) is 0 Å². The Morgan fingerprint density at radius 3 is 2.72 bits per heavy atom. The molecule has 0 aliphatic rings. The smallest absolute Gasteiger partial charge is 0.253 e. The summed E-state index contributed by atoms with van der Waals surface area (Å²) in [6.07, 6.45) is 0.654. The van der Waals surface area contributed by atoms with Gasteiger partial charge < -0.3 is 14.3 Å². The zero-order valence-corrected chi connectivity index (χ0v) is 9.89. The van der Waals surface area contributed by atoms with Crippen LogP contribution in [0.1, 0.15) is 24.3 Å². The zero-order valence-electron chi connectivity index (χ0n) is 9.89. The fraction of sp³-hybridized carbons (Fsp3) is 0.333. The van der Waals surface area contributed by atoms with E-state index in [1.54, 1.807) is 6.07 Å². The number of halogens is 1. The predicted molar refractivity (Wildman–Crippen MR) is 60.3 cm³/mol. The fourth-order valence-corrected chi connectivity index (χ4v) is 1.43.